The van der Waals surface area contributed by atoms with E-state index in [2.05, 4.69) is 13.8 Å². The number of ether oxygens (including phenoxy) is 1. The molecule has 2 N–H and O–H groups in total. The number of hydrogen-bond acceptors (Lipinski definition) is 2. The van der Waals surface area contributed by atoms with Gasteiger partial charge in [0.1, 0.15) is 0 Å². The molecular weight excluding hydrogens is 200 g/mol. The lowest BCUT2D eigenvalue weighted by Gasteiger charge is -2.38. The summed E-state index contributed by atoms with van der Waals surface area (Å²) >= 11 is 0. The Balaban J connectivity index is 1.97. The highest BCUT2D eigenvalue weighted by atomic mass is 16.5. The minimum absolute atomic E-state index is 0.0657. The first kappa shape index (κ1) is 11.9. The molecule has 92 valence electrons. The van der Waals surface area contributed by atoms with Gasteiger partial charge >= 0.3 is 0 Å². The van der Waals surface area contributed by atoms with Gasteiger partial charge in [0, 0.05) is 12.5 Å². The summed E-state index contributed by atoms with van der Waals surface area (Å²) in [6.07, 6.45) is 6.73. The van der Waals surface area contributed by atoms with E-state index in [1.165, 1.54) is 12.8 Å². The quantitative estimate of drug-likeness (QED) is 0.589. The van der Waals surface area contributed by atoms with Gasteiger partial charge < -0.3 is 10.5 Å². The van der Waals surface area contributed by atoms with Crippen LogP contribution < -0.4 is 5.73 Å². The van der Waals surface area contributed by atoms with Gasteiger partial charge in [0.05, 0.1) is 17.5 Å². The van der Waals surface area contributed by atoms with Crippen molar-refractivity contribution in [3.63, 3.8) is 0 Å². The number of nitrogens with two attached hydrogens (primary N) is 1. The van der Waals surface area contributed by atoms with Crippen LogP contribution in [0, 0.1) is 5.92 Å². The second-order valence-electron chi connectivity index (χ2n) is 5.21. The van der Waals surface area contributed by atoms with E-state index in [0.29, 0.717) is 12.0 Å². The lowest BCUT2D eigenvalue weighted by Crippen LogP contribution is -2.41. The maximum Gasteiger partial charge on any atom is 0.0971 e. The van der Waals surface area contributed by atoms with Gasteiger partial charge in [-0.15, -0.1) is 0 Å². The SMILES string of the molecule is CCC1(CC)CC(N=C(N)C2CC2)CCO1. The summed E-state index contributed by atoms with van der Waals surface area (Å²) in [5.74, 6) is 1.49. The molecule has 0 spiro atoms. The minimum atomic E-state index is 0.0657. The van der Waals surface area contributed by atoms with E-state index < -0.39 is 0 Å². The lowest BCUT2D eigenvalue weighted by molar-refractivity contribution is -0.0884. The van der Waals surface area contributed by atoms with Crippen molar-refractivity contribution in [2.75, 3.05) is 6.61 Å². The van der Waals surface area contributed by atoms with Gasteiger partial charge in [0.25, 0.3) is 0 Å². The lowest BCUT2D eigenvalue weighted by atomic mass is 9.86. The molecule has 3 nitrogen and oxygen atoms in total. The standard InChI is InChI=1S/C13H24N2O/c1-3-13(4-2)9-11(7-8-16-13)15-12(14)10-5-6-10/h10-11H,3-9H2,1-2H3,(H2,14,15). The Morgan fingerprint density at radius 2 is 2.00 bits per heavy atom. The molecule has 0 aromatic rings. The summed E-state index contributed by atoms with van der Waals surface area (Å²) in [6, 6.07) is 0.397. The highest BCUT2D eigenvalue weighted by Crippen LogP contribution is 2.34. The molecule has 2 fully saturated rings. The van der Waals surface area contributed by atoms with Crippen LogP contribution in [0.15, 0.2) is 4.99 Å². The molecule has 2 aliphatic rings. The summed E-state index contributed by atoms with van der Waals surface area (Å²) in [6.45, 7) is 5.26. The highest BCUT2D eigenvalue weighted by molar-refractivity contribution is 5.85. The van der Waals surface area contributed by atoms with Gasteiger partial charge in [-0.1, -0.05) is 13.8 Å². The van der Waals surface area contributed by atoms with Crippen LogP contribution in [0.3, 0.4) is 0 Å². The van der Waals surface area contributed by atoms with Crippen LogP contribution in [0.25, 0.3) is 0 Å². The zero-order chi connectivity index (χ0) is 11.6. The Labute approximate surface area is 98.5 Å². The molecule has 1 atom stereocenters. The van der Waals surface area contributed by atoms with Gasteiger partial charge in [-0.3, -0.25) is 4.99 Å². The van der Waals surface area contributed by atoms with Gasteiger partial charge in [0.15, 0.2) is 0 Å². The van der Waals surface area contributed by atoms with Crippen LogP contribution in [0.4, 0.5) is 0 Å². The van der Waals surface area contributed by atoms with Crippen LogP contribution in [-0.4, -0.2) is 24.1 Å². The molecule has 0 aromatic carbocycles. The first-order valence-electron chi connectivity index (χ1n) is 6.66. The monoisotopic (exact) mass is 224 g/mol. The van der Waals surface area contributed by atoms with Gasteiger partial charge in [0.2, 0.25) is 0 Å². The number of nitrogens with zero attached hydrogens (tertiary/aromatic N) is 1. The van der Waals surface area contributed by atoms with E-state index in [9.17, 15) is 0 Å². The van der Waals surface area contributed by atoms with E-state index in [1.54, 1.807) is 0 Å². The summed E-state index contributed by atoms with van der Waals surface area (Å²) in [4.78, 5) is 4.70. The Hall–Kier alpha value is -0.570. The van der Waals surface area contributed by atoms with Crippen molar-refractivity contribution in [3.05, 3.63) is 0 Å². The zero-order valence-corrected chi connectivity index (χ0v) is 10.5. The molecule has 2 rings (SSSR count). The van der Waals surface area contributed by atoms with E-state index in [-0.39, 0.29) is 5.60 Å². The number of amidine groups is 1. The van der Waals surface area contributed by atoms with Crippen molar-refractivity contribution in [1.29, 1.82) is 0 Å². The first-order valence-corrected chi connectivity index (χ1v) is 6.66. The third-order valence-corrected chi connectivity index (χ3v) is 4.08. The molecule has 1 heterocycles. The Bertz CT molecular complexity index is 267. The maximum absolute atomic E-state index is 5.99. The van der Waals surface area contributed by atoms with Crippen molar-refractivity contribution < 1.29 is 4.74 Å². The fourth-order valence-electron chi connectivity index (χ4n) is 2.55. The van der Waals surface area contributed by atoms with Crippen molar-refractivity contribution >= 4 is 5.84 Å². The number of rotatable bonds is 4. The zero-order valence-electron chi connectivity index (χ0n) is 10.5. The molecule has 1 aliphatic carbocycles. The molecule has 0 radical (unpaired) electrons. The fourth-order valence-corrected chi connectivity index (χ4v) is 2.55. The fraction of sp³-hybridized carbons (Fsp3) is 0.923. The topological polar surface area (TPSA) is 47.6 Å². The molecule has 0 amide bonds. The van der Waals surface area contributed by atoms with Crippen molar-refractivity contribution in [2.45, 2.75) is 64.0 Å². The predicted octanol–water partition coefficient (Wildman–Crippen LogP) is 2.49. The molecule has 1 saturated heterocycles. The molecular formula is C13H24N2O. The van der Waals surface area contributed by atoms with E-state index >= 15 is 0 Å². The highest BCUT2D eigenvalue weighted by Gasteiger charge is 2.35. The minimum Gasteiger partial charge on any atom is -0.387 e. The van der Waals surface area contributed by atoms with Crippen LogP contribution in [0.2, 0.25) is 0 Å². The largest absolute Gasteiger partial charge is 0.387 e. The van der Waals surface area contributed by atoms with Crippen LogP contribution in [-0.2, 0) is 4.74 Å². The average Bonchev–Trinajstić information content (AvgIpc) is 3.13. The van der Waals surface area contributed by atoms with Gasteiger partial charge in [-0.2, -0.15) is 0 Å². The Morgan fingerprint density at radius 1 is 1.31 bits per heavy atom. The first-order chi connectivity index (χ1) is 7.69. The third-order valence-electron chi connectivity index (χ3n) is 4.08. The molecule has 3 heteroatoms. The van der Waals surface area contributed by atoms with E-state index in [4.69, 9.17) is 15.5 Å². The van der Waals surface area contributed by atoms with Crippen molar-refractivity contribution in [1.82, 2.24) is 0 Å². The third kappa shape index (κ3) is 2.57. The average molecular weight is 224 g/mol. The molecule has 16 heavy (non-hydrogen) atoms. The summed E-state index contributed by atoms with van der Waals surface area (Å²) < 4.78 is 5.94. The van der Waals surface area contributed by atoms with Crippen LogP contribution in [0.5, 0.6) is 0 Å². The summed E-state index contributed by atoms with van der Waals surface area (Å²) in [5.41, 5.74) is 6.06. The molecule has 0 aromatic heterocycles. The second-order valence-corrected chi connectivity index (χ2v) is 5.21. The van der Waals surface area contributed by atoms with Crippen molar-refractivity contribution in [2.24, 2.45) is 16.6 Å². The van der Waals surface area contributed by atoms with Crippen LogP contribution >= 0.6 is 0 Å². The van der Waals surface area contributed by atoms with E-state index in [0.717, 1.165) is 38.1 Å². The molecule has 0 bridgehead atoms. The molecule has 1 aliphatic heterocycles. The number of hydrogen-bond donors (Lipinski definition) is 1. The second kappa shape index (κ2) is 4.74. The summed E-state index contributed by atoms with van der Waals surface area (Å²) in [7, 11) is 0. The predicted molar refractivity (Wildman–Crippen MR) is 66.6 cm³/mol. The Kier molecular flexibility index (Phi) is 3.53. The van der Waals surface area contributed by atoms with Crippen LogP contribution in [0.1, 0.15) is 52.4 Å². The summed E-state index contributed by atoms with van der Waals surface area (Å²) in [5, 5.41) is 0. The van der Waals surface area contributed by atoms with E-state index in [1.807, 2.05) is 0 Å². The molecule has 1 unspecified atom stereocenters. The van der Waals surface area contributed by atoms with Gasteiger partial charge in [-0.25, -0.2) is 0 Å². The molecule has 1 saturated carbocycles. The Morgan fingerprint density at radius 3 is 2.56 bits per heavy atom. The van der Waals surface area contributed by atoms with Gasteiger partial charge in [-0.05, 0) is 38.5 Å². The number of aliphatic imine (C=N–C) groups is 1. The normalized spacial score (nSPS) is 30.4. The maximum atomic E-state index is 5.99. The van der Waals surface area contributed by atoms with Crippen molar-refractivity contribution in [3.8, 4) is 0 Å². The smallest absolute Gasteiger partial charge is 0.0971 e.